The van der Waals surface area contributed by atoms with Crippen molar-refractivity contribution in [1.29, 1.82) is 0 Å². The van der Waals surface area contributed by atoms with E-state index in [2.05, 4.69) is 19.1 Å². The summed E-state index contributed by atoms with van der Waals surface area (Å²) in [4.78, 5) is 12.4. The lowest BCUT2D eigenvalue weighted by atomic mass is 9.85. The van der Waals surface area contributed by atoms with E-state index in [1.807, 2.05) is 37.3 Å². The molecule has 1 aromatic carbocycles. The number of benzene rings is 1. The molecule has 1 aromatic rings. The van der Waals surface area contributed by atoms with E-state index in [1.54, 1.807) is 0 Å². The standard InChI is InChI=1S/C18H24O2/c1-3-17(18(19)15-10-5-4-6-11-15)20-13-16-12-8-7-9-14(16)2/h4-8,10-11,14,16-17H,3,9,12-13H2,1-2H3. The third kappa shape index (κ3) is 3.80. The number of hydrogen-bond donors (Lipinski definition) is 0. The van der Waals surface area contributed by atoms with E-state index >= 15 is 0 Å². The van der Waals surface area contributed by atoms with Gasteiger partial charge in [-0.25, -0.2) is 0 Å². The highest BCUT2D eigenvalue weighted by Crippen LogP contribution is 2.26. The minimum atomic E-state index is -0.310. The van der Waals surface area contributed by atoms with Gasteiger partial charge in [0, 0.05) is 5.56 Å². The molecule has 0 spiro atoms. The Labute approximate surface area is 121 Å². The highest BCUT2D eigenvalue weighted by molar-refractivity contribution is 5.99. The molecule has 1 aliphatic carbocycles. The first-order chi connectivity index (χ1) is 9.72. The number of ether oxygens (including phenoxy) is 1. The molecule has 3 atom stereocenters. The van der Waals surface area contributed by atoms with Crippen molar-refractivity contribution in [3.63, 3.8) is 0 Å². The maximum absolute atomic E-state index is 12.4. The fourth-order valence-electron chi connectivity index (χ4n) is 2.65. The number of allylic oxidation sites excluding steroid dienone is 2. The molecule has 0 bridgehead atoms. The van der Waals surface area contributed by atoms with Crippen molar-refractivity contribution in [3.8, 4) is 0 Å². The maximum Gasteiger partial charge on any atom is 0.191 e. The Bertz CT molecular complexity index is 450. The summed E-state index contributed by atoms with van der Waals surface area (Å²) in [5.74, 6) is 1.29. The first kappa shape index (κ1) is 15.0. The van der Waals surface area contributed by atoms with Gasteiger partial charge >= 0.3 is 0 Å². The van der Waals surface area contributed by atoms with Crippen LogP contribution in [0.4, 0.5) is 0 Å². The van der Waals surface area contributed by atoms with Gasteiger partial charge in [-0.15, -0.1) is 0 Å². The quantitative estimate of drug-likeness (QED) is 0.571. The molecule has 0 radical (unpaired) electrons. The van der Waals surface area contributed by atoms with Crippen LogP contribution in [0.15, 0.2) is 42.5 Å². The average Bonchev–Trinajstić information content (AvgIpc) is 2.50. The molecular formula is C18H24O2. The minimum Gasteiger partial charge on any atom is -0.370 e. The van der Waals surface area contributed by atoms with Crippen LogP contribution in [0.1, 0.15) is 43.5 Å². The normalized spacial score (nSPS) is 23.5. The molecular weight excluding hydrogens is 248 g/mol. The van der Waals surface area contributed by atoms with Gasteiger partial charge in [0.2, 0.25) is 0 Å². The van der Waals surface area contributed by atoms with E-state index < -0.39 is 0 Å². The molecule has 20 heavy (non-hydrogen) atoms. The largest absolute Gasteiger partial charge is 0.370 e. The second kappa shape index (κ2) is 7.39. The van der Waals surface area contributed by atoms with Crippen LogP contribution in [0, 0.1) is 11.8 Å². The zero-order valence-electron chi connectivity index (χ0n) is 12.4. The van der Waals surface area contributed by atoms with Crippen molar-refractivity contribution < 1.29 is 9.53 Å². The molecule has 2 nitrogen and oxygen atoms in total. The molecule has 0 amide bonds. The number of carbonyl (C=O) groups excluding carboxylic acids is 1. The second-order valence-electron chi connectivity index (χ2n) is 5.64. The molecule has 0 saturated carbocycles. The van der Waals surface area contributed by atoms with E-state index in [-0.39, 0.29) is 11.9 Å². The molecule has 108 valence electrons. The van der Waals surface area contributed by atoms with Crippen molar-refractivity contribution in [2.75, 3.05) is 6.61 Å². The highest BCUT2D eigenvalue weighted by atomic mass is 16.5. The van der Waals surface area contributed by atoms with E-state index in [0.717, 1.165) is 24.8 Å². The van der Waals surface area contributed by atoms with Crippen LogP contribution in [0.3, 0.4) is 0 Å². The monoisotopic (exact) mass is 272 g/mol. The molecule has 2 rings (SSSR count). The lowest BCUT2D eigenvalue weighted by Gasteiger charge is -2.27. The van der Waals surface area contributed by atoms with Crippen LogP contribution in [0.5, 0.6) is 0 Å². The molecule has 2 heteroatoms. The first-order valence-electron chi connectivity index (χ1n) is 7.58. The Morgan fingerprint density at radius 3 is 2.60 bits per heavy atom. The Morgan fingerprint density at radius 2 is 1.95 bits per heavy atom. The van der Waals surface area contributed by atoms with E-state index in [9.17, 15) is 4.79 Å². The summed E-state index contributed by atoms with van der Waals surface area (Å²) in [5, 5.41) is 0. The number of Topliss-reactive ketones (excluding diaryl/α,β-unsaturated/α-hetero) is 1. The predicted octanol–water partition coefficient (Wildman–Crippen LogP) is 4.27. The van der Waals surface area contributed by atoms with E-state index in [1.165, 1.54) is 0 Å². The Hall–Kier alpha value is -1.41. The van der Waals surface area contributed by atoms with Gasteiger partial charge in [0.15, 0.2) is 5.78 Å². The summed E-state index contributed by atoms with van der Waals surface area (Å²) < 4.78 is 5.93. The van der Waals surface area contributed by atoms with Gasteiger partial charge in [-0.3, -0.25) is 4.79 Å². The summed E-state index contributed by atoms with van der Waals surface area (Å²) in [6.45, 7) is 4.95. The number of ketones is 1. The number of hydrogen-bond acceptors (Lipinski definition) is 2. The summed E-state index contributed by atoms with van der Waals surface area (Å²) in [5.41, 5.74) is 0.746. The van der Waals surface area contributed by atoms with Crippen molar-refractivity contribution in [2.45, 2.75) is 39.2 Å². The average molecular weight is 272 g/mol. The summed E-state index contributed by atoms with van der Waals surface area (Å²) in [7, 11) is 0. The van der Waals surface area contributed by atoms with Crippen LogP contribution in [0.25, 0.3) is 0 Å². The Balaban J connectivity index is 1.92. The fourth-order valence-corrected chi connectivity index (χ4v) is 2.65. The third-order valence-corrected chi connectivity index (χ3v) is 4.15. The lowest BCUT2D eigenvalue weighted by Crippen LogP contribution is -2.28. The van der Waals surface area contributed by atoms with Crippen molar-refractivity contribution in [2.24, 2.45) is 11.8 Å². The van der Waals surface area contributed by atoms with E-state index in [4.69, 9.17) is 4.74 Å². The van der Waals surface area contributed by atoms with Gasteiger partial charge in [-0.2, -0.15) is 0 Å². The summed E-state index contributed by atoms with van der Waals surface area (Å²) in [6, 6.07) is 9.44. The molecule has 0 aromatic heterocycles. The highest BCUT2D eigenvalue weighted by Gasteiger charge is 2.23. The van der Waals surface area contributed by atoms with Crippen molar-refractivity contribution in [3.05, 3.63) is 48.0 Å². The van der Waals surface area contributed by atoms with Gasteiger partial charge in [-0.1, -0.05) is 56.3 Å². The molecule has 3 unspecified atom stereocenters. The van der Waals surface area contributed by atoms with Crippen molar-refractivity contribution >= 4 is 5.78 Å². The van der Waals surface area contributed by atoms with Crippen LogP contribution in [-0.4, -0.2) is 18.5 Å². The van der Waals surface area contributed by atoms with Crippen LogP contribution in [-0.2, 0) is 4.74 Å². The fraction of sp³-hybridized carbons (Fsp3) is 0.500. The number of carbonyl (C=O) groups is 1. The lowest BCUT2D eigenvalue weighted by molar-refractivity contribution is 0.0171. The van der Waals surface area contributed by atoms with Gasteiger partial charge in [-0.05, 0) is 31.1 Å². The van der Waals surface area contributed by atoms with Gasteiger partial charge in [0.1, 0.15) is 6.10 Å². The van der Waals surface area contributed by atoms with E-state index in [0.29, 0.717) is 18.4 Å². The Morgan fingerprint density at radius 1 is 1.25 bits per heavy atom. The third-order valence-electron chi connectivity index (χ3n) is 4.15. The summed E-state index contributed by atoms with van der Waals surface area (Å²) >= 11 is 0. The SMILES string of the molecule is CCC(OCC1CC=CCC1C)C(=O)c1ccccc1. The topological polar surface area (TPSA) is 26.3 Å². The molecule has 0 fully saturated rings. The molecule has 0 N–H and O–H groups in total. The molecule has 0 saturated heterocycles. The molecule has 0 aliphatic heterocycles. The van der Waals surface area contributed by atoms with Crippen LogP contribution in [0.2, 0.25) is 0 Å². The second-order valence-corrected chi connectivity index (χ2v) is 5.64. The van der Waals surface area contributed by atoms with Gasteiger partial charge in [0.25, 0.3) is 0 Å². The first-order valence-corrected chi connectivity index (χ1v) is 7.58. The smallest absolute Gasteiger partial charge is 0.191 e. The zero-order valence-corrected chi connectivity index (χ0v) is 12.4. The Kier molecular flexibility index (Phi) is 5.54. The molecule has 0 heterocycles. The molecule has 1 aliphatic rings. The van der Waals surface area contributed by atoms with Gasteiger partial charge < -0.3 is 4.74 Å². The summed E-state index contributed by atoms with van der Waals surface area (Å²) in [6.07, 6.45) is 7.08. The van der Waals surface area contributed by atoms with Crippen molar-refractivity contribution in [1.82, 2.24) is 0 Å². The van der Waals surface area contributed by atoms with Gasteiger partial charge in [0.05, 0.1) is 6.61 Å². The van der Waals surface area contributed by atoms with Crippen LogP contribution >= 0.6 is 0 Å². The van der Waals surface area contributed by atoms with Crippen LogP contribution < -0.4 is 0 Å². The predicted molar refractivity (Wildman–Crippen MR) is 81.8 cm³/mol. The minimum absolute atomic E-state index is 0.104. The number of rotatable bonds is 6. The zero-order chi connectivity index (χ0) is 14.4. The maximum atomic E-state index is 12.4.